The van der Waals surface area contributed by atoms with Crippen LogP contribution < -0.4 is 5.90 Å². The smallest absolute Gasteiger partial charge is 0.200 e. The van der Waals surface area contributed by atoms with Gasteiger partial charge >= 0.3 is 0 Å². The molecule has 0 spiro atoms. The molecule has 14 heavy (non-hydrogen) atoms. The molecule has 0 aromatic heterocycles. The van der Waals surface area contributed by atoms with E-state index < -0.39 is 41.2 Å². The molecule has 2 N–H and O–H groups in total. The van der Waals surface area contributed by atoms with E-state index in [1.165, 1.54) is 0 Å². The molecule has 1 aromatic rings. The molecule has 0 bridgehead atoms. The van der Waals surface area contributed by atoms with Gasteiger partial charge < -0.3 is 0 Å². The van der Waals surface area contributed by atoms with E-state index in [2.05, 4.69) is 10.7 Å². The van der Waals surface area contributed by atoms with Crippen LogP contribution in [0.4, 0.5) is 22.0 Å². The highest BCUT2D eigenvalue weighted by atomic mass is 19.2. The second-order valence-electron chi connectivity index (χ2n) is 2.16. The van der Waals surface area contributed by atoms with Gasteiger partial charge in [0.15, 0.2) is 23.3 Å². The minimum absolute atomic E-state index is 1.77. The molecule has 0 fully saturated rings. The molecule has 0 aliphatic carbocycles. The molecule has 0 atom stereocenters. The van der Waals surface area contributed by atoms with Gasteiger partial charge in [-0.3, -0.25) is 4.84 Å². The molecule has 0 unspecified atom stereocenters. The highest BCUT2D eigenvalue weighted by Gasteiger charge is 2.25. The second kappa shape index (κ2) is 3.89. The minimum atomic E-state index is -3.33. The van der Waals surface area contributed by atoms with Crippen molar-refractivity contribution in [2.24, 2.45) is 5.90 Å². The summed E-state index contributed by atoms with van der Waals surface area (Å²) in [6.45, 7) is -3.33. The molecule has 0 aliphatic heterocycles. The van der Waals surface area contributed by atoms with Gasteiger partial charge in [-0.15, -0.1) is 0 Å². The largest absolute Gasteiger partial charge is 0.300 e. The molecule has 0 aliphatic rings. The maximum atomic E-state index is 13.0. The number of nitrogens with two attached hydrogens (primary N) is 1. The van der Waals surface area contributed by atoms with Gasteiger partial charge in [0.05, 0.1) is 14.9 Å². The second-order valence-corrected chi connectivity index (χ2v) is 2.16. The Morgan fingerprint density at radius 2 is 1.29 bits per heavy atom. The Labute approximate surface area is 77.8 Å². The zero-order valence-electron chi connectivity index (χ0n) is 8.38. The molecule has 78 valence electrons. The van der Waals surface area contributed by atoms with E-state index in [1.807, 2.05) is 0 Å². The maximum Gasteiger partial charge on any atom is 0.200 e. The van der Waals surface area contributed by atoms with E-state index in [1.54, 1.807) is 0 Å². The lowest BCUT2D eigenvalue weighted by molar-refractivity contribution is 0.117. The summed E-state index contributed by atoms with van der Waals surface area (Å²) in [5.41, 5.74) is -1.77. The van der Waals surface area contributed by atoms with Gasteiger partial charge in [-0.2, -0.15) is 0 Å². The normalized spacial score (nSPS) is 13.9. The first kappa shape index (κ1) is 8.13. The Bertz CT molecular complexity index is 410. The van der Waals surface area contributed by atoms with Crippen molar-refractivity contribution >= 4 is 0 Å². The van der Waals surface area contributed by atoms with Gasteiger partial charge in [0.25, 0.3) is 0 Å². The summed E-state index contributed by atoms with van der Waals surface area (Å²) in [7, 11) is 0. The minimum Gasteiger partial charge on any atom is -0.300 e. The van der Waals surface area contributed by atoms with Gasteiger partial charge in [-0.25, -0.2) is 27.8 Å². The Kier molecular flexibility index (Phi) is 2.26. The third-order valence-electron chi connectivity index (χ3n) is 1.37. The third kappa shape index (κ3) is 1.55. The number of halogens is 5. The van der Waals surface area contributed by atoms with Gasteiger partial charge in [0, 0.05) is 0 Å². The van der Waals surface area contributed by atoms with E-state index in [0.29, 0.717) is 0 Å². The van der Waals surface area contributed by atoms with Crippen molar-refractivity contribution in [1.82, 2.24) is 0 Å². The molecular formula is C7H4F5NO. The molecule has 0 saturated heterocycles. The van der Waals surface area contributed by atoms with E-state index in [-0.39, 0.29) is 0 Å². The van der Waals surface area contributed by atoms with E-state index in [4.69, 9.17) is 2.74 Å². The summed E-state index contributed by atoms with van der Waals surface area (Å²) < 4.78 is 77.5. The number of hydrogen-bond donors (Lipinski definition) is 1. The first-order valence-electron chi connectivity index (χ1n) is 4.13. The van der Waals surface area contributed by atoms with Crippen LogP contribution in [0.1, 0.15) is 8.30 Å². The van der Waals surface area contributed by atoms with E-state index >= 15 is 0 Å². The highest BCUT2D eigenvalue weighted by molar-refractivity contribution is 5.23. The number of rotatable bonds is 2. The standard InChI is InChI=1S/C7H4F5NO/c8-3-2(1-14-13)4(9)6(11)7(12)5(3)10/h1,13H2/i1D2. The third-order valence-corrected chi connectivity index (χ3v) is 1.37. The molecule has 7 heteroatoms. The van der Waals surface area contributed by atoms with E-state index in [9.17, 15) is 22.0 Å². The van der Waals surface area contributed by atoms with Gasteiger partial charge in [0.2, 0.25) is 5.82 Å². The Morgan fingerprint density at radius 3 is 1.64 bits per heavy atom. The SMILES string of the molecule is [2H]C([2H])(ON)c1c(F)c(F)c(F)c(F)c1F. The predicted molar refractivity (Wildman–Crippen MR) is 35.2 cm³/mol. The van der Waals surface area contributed by atoms with Crippen LogP contribution in [-0.4, -0.2) is 0 Å². The highest BCUT2D eigenvalue weighted by Crippen LogP contribution is 2.22. The fourth-order valence-corrected chi connectivity index (χ4v) is 0.753. The van der Waals surface area contributed by atoms with Crippen LogP contribution >= 0.6 is 0 Å². The van der Waals surface area contributed by atoms with Crippen LogP contribution in [0.2, 0.25) is 0 Å². The summed E-state index contributed by atoms with van der Waals surface area (Å²) in [6.07, 6.45) is 0. The molecule has 1 rings (SSSR count). The number of benzene rings is 1. The molecular weight excluding hydrogens is 209 g/mol. The average Bonchev–Trinajstić information content (AvgIpc) is 2.23. The monoisotopic (exact) mass is 215 g/mol. The Hall–Kier alpha value is -1.21. The fourth-order valence-electron chi connectivity index (χ4n) is 0.753. The number of hydrogen-bond acceptors (Lipinski definition) is 2. The van der Waals surface area contributed by atoms with Crippen LogP contribution in [0.15, 0.2) is 0 Å². The summed E-state index contributed by atoms with van der Waals surface area (Å²) in [5.74, 6) is -7.21. The molecule has 0 saturated carbocycles. The van der Waals surface area contributed by atoms with Crippen molar-refractivity contribution in [2.75, 3.05) is 0 Å². The maximum absolute atomic E-state index is 13.0. The van der Waals surface area contributed by atoms with Gasteiger partial charge in [-0.05, 0) is 0 Å². The fraction of sp³-hybridized carbons (Fsp3) is 0.143. The Morgan fingerprint density at radius 1 is 0.929 bits per heavy atom. The van der Waals surface area contributed by atoms with Gasteiger partial charge in [-0.1, -0.05) is 0 Å². The summed E-state index contributed by atoms with van der Waals surface area (Å²) >= 11 is 0. The van der Waals surface area contributed by atoms with Crippen LogP contribution in [0.3, 0.4) is 0 Å². The molecule has 2 nitrogen and oxygen atoms in total. The Balaban J connectivity index is 3.65. The predicted octanol–water partition coefficient (Wildman–Crippen LogP) is 1.77. The summed E-state index contributed by atoms with van der Waals surface area (Å²) in [4.78, 5) is 3.53. The zero-order valence-corrected chi connectivity index (χ0v) is 6.38. The van der Waals surface area contributed by atoms with Crippen molar-refractivity contribution in [2.45, 2.75) is 6.56 Å². The van der Waals surface area contributed by atoms with Crippen molar-refractivity contribution < 1.29 is 29.5 Å². The molecule has 0 radical (unpaired) electrons. The topological polar surface area (TPSA) is 35.2 Å². The molecule has 0 amide bonds. The van der Waals surface area contributed by atoms with Crippen molar-refractivity contribution in [3.63, 3.8) is 0 Å². The van der Waals surface area contributed by atoms with Crippen LogP contribution in [0, 0.1) is 29.1 Å². The van der Waals surface area contributed by atoms with Crippen molar-refractivity contribution in [3.8, 4) is 0 Å². The van der Waals surface area contributed by atoms with Crippen LogP contribution in [0.25, 0.3) is 0 Å². The average molecular weight is 215 g/mol. The quantitative estimate of drug-likeness (QED) is 0.353. The van der Waals surface area contributed by atoms with E-state index in [0.717, 1.165) is 0 Å². The first-order chi connectivity index (χ1) is 7.24. The van der Waals surface area contributed by atoms with Crippen molar-refractivity contribution in [3.05, 3.63) is 34.6 Å². The first-order valence-corrected chi connectivity index (χ1v) is 3.13. The molecule has 1 aromatic carbocycles. The lowest BCUT2D eigenvalue weighted by Crippen LogP contribution is -2.10. The summed E-state index contributed by atoms with van der Waals surface area (Å²) in [6, 6.07) is 0. The summed E-state index contributed by atoms with van der Waals surface area (Å²) in [5, 5.41) is 0. The van der Waals surface area contributed by atoms with Gasteiger partial charge in [0.1, 0.15) is 0 Å². The lowest BCUT2D eigenvalue weighted by Gasteiger charge is -2.06. The van der Waals surface area contributed by atoms with Crippen molar-refractivity contribution in [1.29, 1.82) is 0 Å². The molecule has 0 heterocycles. The van der Waals surface area contributed by atoms with Crippen LogP contribution in [-0.2, 0) is 11.4 Å². The lowest BCUT2D eigenvalue weighted by atomic mass is 10.2. The zero-order chi connectivity index (χ0) is 12.7. The van der Waals surface area contributed by atoms with Crippen LogP contribution in [0.5, 0.6) is 0 Å².